The van der Waals surface area contributed by atoms with E-state index in [1.807, 2.05) is 0 Å². The fourth-order valence-electron chi connectivity index (χ4n) is 5.11. The maximum absolute atomic E-state index is 11.0. The lowest BCUT2D eigenvalue weighted by Gasteiger charge is -2.49. The van der Waals surface area contributed by atoms with Gasteiger partial charge in [-0.1, -0.05) is 41.0 Å². The van der Waals surface area contributed by atoms with E-state index in [0.29, 0.717) is 29.3 Å². The molecule has 1 unspecified atom stereocenters. The lowest BCUT2D eigenvalue weighted by atomic mass is 9.61. The van der Waals surface area contributed by atoms with E-state index in [-0.39, 0.29) is 5.04 Å². The van der Waals surface area contributed by atoms with Crippen LogP contribution in [0.2, 0.25) is 18.1 Å². The molecule has 0 bridgehead atoms. The smallest absolute Gasteiger partial charge is 0.192 e. The Balaban J connectivity index is 2.16. The predicted octanol–water partition coefficient (Wildman–Crippen LogP) is 5.82. The Morgan fingerprint density at radius 3 is 2.48 bits per heavy atom. The summed E-state index contributed by atoms with van der Waals surface area (Å²) in [5.74, 6) is 1.92. The zero-order valence-corrected chi connectivity index (χ0v) is 17.4. The van der Waals surface area contributed by atoms with Crippen LogP contribution in [-0.2, 0) is 9.22 Å². The summed E-state index contributed by atoms with van der Waals surface area (Å²) >= 11 is 0. The second-order valence-corrected chi connectivity index (χ2v) is 14.7. The average molecular weight is 339 g/mol. The van der Waals surface area contributed by atoms with Crippen LogP contribution < -0.4 is 0 Å². The van der Waals surface area contributed by atoms with Crippen molar-refractivity contribution >= 4 is 14.6 Å². The topological polar surface area (TPSA) is 26.3 Å². The number of hydrogen-bond donors (Lipinski definition) is 0. The molecule has 0 N–H and O–H groups in total. The van der Waals surface area contributed by atoms with Crippen LogP contribution in [0.4, 0.5) is 0 Å². The number of rotatable bonds is 5. The molecule has 3 heteroatoms. The highest BCUT2D eigenvalue weighted by atomic mass is 28.4. The van der Waals surface area contributed by atoms with Gasteiger partial charge in [-0.2, -0.15) is 0 Å². The number of fused-ring (bicyclic) bond motifs is 1. The lowest BCUT2D eigenvalue weighted by Crippen LogP contribution is -2.50. The Labute approximate surface area is 144 Å². The molecule has 2 saturated carbocycles. The molecule has 0 radical (unpaired) electrons. The van der Waals surface area contributed by atoms with E-state index in [4.69, 9.17) is 4.43 Å². The van der Waals surface area contributed by atoms with E-state index >= 15 is 0 Å². The molecule has 0 amide bonds. The minimum absolute atomic E-state index is 0.281. The summed E-state index contributed by atoms with van der Waals surface area (Å²) in [5, 5.41) is 0.281. The number of aldehydes is 1. The van der Waals surface area contributed by atoms with E-state index in [0.717, 1.165) is 12.7 Å². The number of carbonyl (C=O) groups is 1. The van der Waals surface area contributed by atoms with Gasteiger partial charge in [-0.3, -0.25) is 0 Å². The highest BCUT2D eigenvalue weighted by Gasteiger charge is 2.54. The summed E-state index contributed by atoms with van der Waals surface area (Å²) in [7, 11) is -1.71. The molecule has 2 aliphatic rings. The summed E-state index contributed by atoms with van der Waals surface area (Å²) in [6.45, 7) is 16.6. The third-order valence-electron chi connectivity index (χ3n) is 7.54. The number of hydrogen-bond acceptors (Lipinski definition) is 2. The standard InChI is InChI=1S/C20H38O2Si/c1-15(12-14-21)16-10-11-17-18(9-8-13-20(16,17)5)22-23(6,7)19(2,3)4/h14-18H,8-13H2,1-7H3/t15?,16-,17+,18+,20-/m1/s1. The largest absolute Gasteiger partial charge is 0.414 e. The zero-order valence-electron chi connectivity index (χ0n) is 16.4. The molecule has 5 atom stereocenters. The highest BCUT2D eigenvalue weighted by Crippen LogP contribution is 2.59. The van der Waals surface area contributed by atoms with Crippen LogP contribution in [0.5, 0.6) is 0 Å². The van der Waals surface area contributed by atoms with Crippen molar-refractivity contribution in [3.8, 4) is 0 Å². The van der Waals surface area contributed by atoms with Crippen LogP contribution in [0.15, 0.2) is 0 Å². The Bertz CT molecular complexity index is 426. The third kappa shape index (κ3) is 3.61. The second-order valence-electron chi connectivity index (χ2n) is 9.98. The molecule has 0 aromatic rings. The quantitative estimate of drug-likeness (QED) is 0.466. The molecule has 134 valence electrons. The Kier molecular flexibility index (Phi) is 5.53. The molecule has 2 nitrogen and oxygen atoms in total. The summed E-state index contributed by atoms with van der Waals surface area (Å²) < 4.78 is 6.88. The minimum atomic E-state index is -1.71. The molecule has 23 heavy (non-hydrogen) atoms. The summed E-state index contributed by atoms with van der Waals surface area (Å²) in [6.07, 6.45) is 8.72. The van der Waals surface area contributed by atoms with Crippen molar-refractivity contribution in [2.24, 2.45) is 23.2 Å². The zero-order chi connectivity index (χ0) is 17.5. The van der Waals surface area contributed by atoms with E-state index < -0.39 is 8.32 Å². The predicted molar refractivity (Wildman–Crippen MR) is 100 cm³/mol. The summed E-state index contributed by atoms with van der Waals surface area (Å²) in [5.41, 5.74) is 0.383. The third-order valence-corrected chi connectivity index (χ3v) is 12.0. The maximum Gasteiger partial charge on any atom is 0.192 e. The van der Waals surface area contributed by atoms with Crippen molar-refractivity contribution < 1.29 is 9.22 Å². The van der Waals surface area contributed by atoms with Crippen molar-refractivity contribution in [1.29, 1.82) is 0 Å². The van der Waals surface area contributed by atoms with Crippen LogP contribution >= 0.6 is 0 Å². The van der Waals surface area contributed by atoms with Gasteiger partial charge in [-0.05, 0) is 67.0 Å². The van der Waals surface area contributed by atoms with Gasteiger partial charge >= 0.3 is 0 Å². The SMILES string of the molecule is CC(CC=O)[C@H]1CC[C@H]2[C@@H](O[Si](C)(C)C(C)(C)C)CCC[C@]12C. The first kappa shape index (κ1) is 19.2. The van der Waals surface area contributed by atoms with Crippen molar-refractivity contribution in [2.75, 3.05) is 0 Å². The molecule has 0 aliphatic heterocycles. The normalized spacial score (nSPS) is 36.6. The van der Waals surface area contributed by atoms with Crippen molar-refractivity contribution in [3.63, 3.8) is 0 Å². The molecule has 0 aromatic carbocycles. The second kappa shape index (κ2) is 6.63. The fourth-order valence-corrected chi connectivity index (χ4v) is 6.50. The van der Waals surface area contributed by atoms with Gasteiger partial charge in [0, 0.05) is 12.5 Å². The first-order chi connectivity index (χ1) is 10.5. The molecular weight excluding hydrogens is 300 g/mol. The van der Waals surface area contributed by atoms with Gasteiger partial charge in [-0.15, -0.1) is 0 Å². The van der Waals surface area contributed by atoms with Gasteiger partial charge in [-0.25, -0.2) is 0 Å². The molecule has 0 saturated heterocycles. The molecule has 2 fully saturated rings. The number of carbonyl (C=O) groups excluding carboxylic acids is 1. The molecule has 2 rings (SSSR count). The molecular formula is C20H38O2Si. The lowest BCUT2D eigenvalue weighted by molar-refractivity contribution is -0.109. The van der Waals surface area contributed by atoms with Gasteiger partial charge in [0.25, 0.3) is 0 Å². The van der Waals surface area contributed by atoms with Gasteiger partial charge in [0.15, 0.2) is 8.32 Å². The van der Waals surface area contributed by atoms with E-state index in [9.17, 15) is 4.79 Å². The first-order valence-corrected chi connectivity index (χ1v) is 12.5. The molecule has 0 aromatic heterocycles. The van der Waals surface area contributed by atoms with Crippen LogP contribution in [0.1, 0.15) is 73.1 Å². The van der Waals surface area contributed by atoms with Gasteiger partial charge < -0.3 is 9.22 Å². The van der Waals surface area contributed by atoms with Crippen LogP contribution in [0.25, 0.3) is 0 Å². The van der Waals surface area contributed by atoms with Gasteiger partial charge in [0.2, 0.25) is 0 Å². The molecule has 2 aliphatic carbocycles. The monoisotopic (exact) mass is 338 g/mol. The van der Waals surface area contributed by atoms with Gasteiger partial charge in [0.1, 0.15) is 6.29 Å². The van der Waals surface area contributed by atoms with Crippen LogP contribution in [0.3, 0.4) is 0 Å². The Morgan fingerprint density at radius 2 is 1.91 bits per heavy atom. The molecule has 0 spiro atoms. The fraction of sp³-hybridized carbons (Fsp3) is 0.950. The Morgan fingerprint density at radius 1 is 1.26 bits per heavy atom. The van der Waals surface area contributed by atoms with Crippen molar-refractivity contribution in [3.05, 3.63) is 0 Å². The van der Waals surface area contributed by atoms with Crippen molar-refractivity contribution in [1.82, 2.24) is 0 Å². The summed E-state index contributed by atoms with van der Waals surface area (Å²) in [6, 6.07) is 0. The molecule has 0 heterocycles. The van der Waals surface area contributed by atoms with Crippen LogP contribution in [0, 0.1) is 23.2 Å². The highest BCUT2D eigenvalue weighted by molar-refractivity contribution is 6.74. The minimum Gasteiger partial charge on any atom is -0.414 e. The van der Waals surface area contributed by atoms with Gasteiger partial charge in [0.05, 0.1) is 0 Å². The van der Waals surface area contributed by atoms with E-state index in [2.05, 4.69) is 47.7 Å². The van der Waals surface area contributed by atoms with E-state index in [1.165, 1.54) is 32.1 Å². The maximum atomic E-state index is 11.0. The average Bonchev–Trinajstić information content (AvgIpc) is 2.75. The van der Waals surface area contributed by atoms with Crippen LogP contribution in [-0.4, -0.2) is 20.7 Å². The van der Waals surface area contributed by atoms with E-state index in [1.54, 1.807) is 0 Å². The Hall–Kier alpha value is -0.153. The summed E-state index contributed by atoms with van der Waals surface area (Å²) in [4.78, 5) is 11.0. The first-order valence-electron chi connectivity index (χ1n) is 9.64. The van der Waals surface area contributed by atoms with Crippen molar-refractivity contribution in [2.45, 2.75) is 97.4 Å².